The van der Waals surface area contributed by atoms with Gasteiger partial charge in [0.05, 0.1) is 19.8 Å². The Kier molecular flexibility index (Phi) is 35.6. The lowest BCUT2D eigenvalue weighted by Crippen LogP contribution is -2.59. The molecule has 1 aliphatic rings. The van der Waals surface area contributed by atoms with Gasteiger partial charge in [-0.2, -0.15) is 0 Å². The van der Waals surface area contributed by atoms with Crippen molar-refractivity contribution in [1.82, 2.24) is 0 Å². The fraction of sp³-hybridized carbons (Fsp3) is 0.766. The van der Waals surface area contributed by atoms with Gasteiger partial charge in [0.25, 0.3) is 0 Å². The van der Waals surface area contributed by atoms with Crippen LogP contribution in [0.4, 0.5) is 0 Å². The number of hydrogen-bond donors (Lipinski definition) is 4. The quantitative estimate of drug-likeness (QED) is 0.0276. The van der Waals surface area contributed by atoms with E-state index >= 15 is 0 Å². The molecular formula is C47H82O9. The molecule has 1 heterocycles. The molecule has 0 radical (unpaired) electrons. The van der Waals surface area contributed by atoms with E-state index in [0.717, 1.165) is 83.5 Å². The van der Waals surface area contributed by atoms with Crippen LogP contribution >= 0.6 is 0 Å². The first-order valence-electron chi connectivity index (χ1n) is 22.4. The molecule has 0 saturated carbocycles. The third kappa shape index (κ3) is 29.2. The van der Waals surface area contributed by atoms with E-state index in [9.17, 15) is 25.2 Å². The highest BCUT2D eigenvalue weighted by atomic mass is 16.7. The number of ether oxygens (including phenoxy) is 4. The van der Waals surface area contributed by atoms with Crippen LogP contribution in [0, 0.1) is 0 Å². The summed E-state index contributed by atoms with van der Waals surface area (Å²) in [5.41, 5.74) is 0. The molecule has 56 heavy (non-hydrogen) atoms. The molecule has 1 saturated heterocycles. The predicted molar refractivity (Wildman–Crippen MR) is 228 cm³/mol. The summed E-state index contributed by atoms with van der Waals surface area (Å²) < 4.78 is 22.8. The Bertz CT molecular complexity index is 1040. The molecule has 0 bridgehead atoms. The SMILES string of the molecule is CC/C=C\C/C=C\C/C=C\CCCCCCCCOCC(COC1OC(CO)C(O)C(O)C1O)OC(=O)CCCCCCCCC/C=C\C/C=C\CCCCC. The Morgan fingerprint density at radius 2 is 1.09 bits per heavy atom. The Balaban J connectivity index is 2.29. The topological polar surface area (TPSA) is 135 Å². The average molecular weight is 791 g/mol. The van der Waals surface area contributed by atoms with E-state index < -0.39 is 43.4 Å². The minimum atomic E-state index is -1.54. The van der Waals surface area contributed by atoms with Crippen LogP contribution in [-0.2, 0) is 23.7 Å². The van der Waals surface area contributed by atoms with Gasteiger partial charge in [0.2, 0.25) is 0 Å². The number of esters is 1. The van der Waals surface area contributed by atoms with Crippen molar-refractivity contribution in [2.24, 2.45) is 0 Å². The molecular weight excluding hydrogens is 709 g/mol. The number of rotatable bonds is 37. The zero-order valence-electron chi connectivity index (χ0n) is 35.4. The Morgan fingerprint density at radius 1 is 0.589 bits per heavy atom. The van der Waals surface area contributed by atoms with Gasteiger partial charge in [0.15, 0.2) is 6.29 Å². The van der Waals surface area contributed by atoms with Gasteiger partial charge in [-0.25, -0.2) is 0 Å². The molecule has 6 atom stereocenters. The maximum absolute atomic E-state index is 12.8. The first-order valence-corrected chi connectivity index (χ1v) is 22.4. The maximum Gasteiger partial charge on any atom is 0.306 e. The molecule has 0 aliphatic carbocycles. The maximum atomic E-state index is 12.8. The predicted octanol–water partition coefficient (Wildman–Crippen LogP) is 9.91. The van der Waals surface area contributed by atoms with E-state index in [0.29, 0.717) is 13.0 Å². The molecule has 324 valence electrons. The van der Waals surface area contributed by atoms with E-state index in [2.05, 4.69) is 74.6 Å². The largest absolute Gasteiger partial charge is 0.457 e. The van der Waals surface area contributed by atoms with Gasteiger partial charge in [-0.3, -0.25) is 4.79 Å². The summed E-state index contributed by atoms with van der Waals surface area (Å²) in [6.07, 6.45) is 41.0. The van der Waals surface area contributed by atoms with Crippen LogP contribution in [0.25, 0.3) is 0 Å². The molecule has 1 fully saturated rings. The molecule has 0 amide bonds. The van der Waals surface area contributed by atoms with Gasteiger partial charge in [-0.15, -0.1) is 0 Å². The lowest BCUT2D eigenvalue weighted by molar-refractivity contribution is -0.305. The fourth-order valence-electron chi connectivity index (χ4n) is 6.42. The minimum Gasteiger partial charge on any atom is -0.457 e. The van der Waals surface area contributed by atoms with Gasteiger partial charge in [0, 0.05) is 13.0 Å². The summed E-state index contributed by atoms with van der Waals surface area (Å²) in [7, 11) is 0. The zero-order chi connectivity index (χ0) is 40.7. The standard InChI is InChI=1S/C47H82O9/c1-3-5-7-9-11-13-15-17-19-21-22-24-26-28-30-32-34-36-43(49)55-41(40-54-47-46(52)45(51)44(50)42(38-48)56-47)39-53-37-35-33-31-29-27-25-23-20-18-16-14-12-10-8-6-4-2/h6,8,11-14,17-20,41-42,44-48,50-52H,3-5,7,9-10,15-16,21-40H2,1-2H3/b8-6-,13-11-,14-12-,19-17-,20-18-. The third-order valence-corrected chi connectivity index (χ3v) is 9.92. The van der Waals surface area contributed by atoms with Gasteiger partial charge >= 0.3 is 5.97 Å². The third-order valence-electron chi connectivity index (χ3n) is 9.92. The second kappa shape index (κ2) is 38.4. The van der Waals surface area contributed by atoms with Crippen molar-refractivity contribution in [3.8, 4) is 0 Å². The number of aliphatic hydroxyl groups excluding tert-OH is 4. The monoisotopic (exact) mass is 791 g/mol. The first-order chi connectivity index (χ1) is 27.4. The Labute approximate surface area is 341 Å². The highest BCUT2D eigenvalue weighted by molar-refractivity contribution is 5.69. The van der Waals surface area contributed by atoms with Crippen molar-refractivity contribution in [1.29, 1.82) is 0 Å². The van der Waals surface area contributed by atoms with Crippen LogP contribution < -0.4 is 0 Å². The Hall–Kier alpha value is -2.11. The Morgan fingerprint density at radius 3 is 1.64 bits per heavy atom. The summed E-state index contributed by atoms with van der Waals surface area (Å²) in [5, 5.41) is 40.1. The van der Waals surface area contributed by atoms with E-state index in [-0.39, 0.29) is 19.2 Å². The van der Waals surface area contributed by atoms with E-state index in [1.54, 1.807) is 0 Å². The van der Waals surface area contributed by atoms with Crippen LogP contribution in [0.1, 0.15) is 168 Å². The van der Waals surface area contributed by atoms with Crippen molar-refractivity contribution in [3.05, 3.63) is 60.8 Å². The van der Waals surface area contributed by atoms with E-state index in [1.165, 1.54) is 64.2 Å². The van der Waals surface area contributed by atoms with E-state index in [1.807, 2.05) is 0 Å². The number of hydrogen-bond acceptors (Lipinski definition) is 9. The van der Waals surface area contributed by atoms with Gasteiger partial charge in [-0.1, -0.05) is 145 Å². The smallest absolute Gasteiger partial charge is 0.306 e. The molecule has 6 unspecified atom stereocenters. The molecule has 1 aliphatic heterocycles. The van der Waals surface area contributed by atoms with Crippen LogP contribution in [0.15, 0.2) is 60.8 Å². The summed E-state index contributed by atoms with van der Waals surface area (Å²) in [5.74, 6) is -0.329. The summed E-state index contributed by atoms with van der Waals surface area (Å²) in [6, 6.07) is 0. The first kappa shape index (κ1) is 51.9. The van der Waals surface area contributed by atoms with E-state index in [4.69, 9.17) is 18.9 Å². The molecule has 9 nitrogen and oxygen atoms in total. The second-order valence-electron chi connectivity index (χ2n) is 15.1. The van der Waals surface area contributed by atoms with Crippen molar-refractivity contribution < 1.29 is 44.2 Å². The van der Waals surface area contributed by atoms with Gasteiger partial charge in [-0.05, 0) is 77.0 Å². The summed E-state index contributed by atoms with van der Waals surface area (Å²) in [4.78, 5) is 12.8. The van der Waals surface area contributed by atoms with Crippen LogP contribution in [0.5, 0.6) is 0 Å². The van der Waals surface area contributed by atoms with Crippen LogP contribution in [0.3, 0.4) is 0 Å². The minimum absolute atomic E-state index is 0.125. The second-order valence-corrected chi connectivity index (χ2v) is 15.1. The molecule has 9 heteroatoms. The zero-order valence-corrected chi connectivity index (χ0v) is 35.4. The molecule has 0 aromatic rings. The van der Waals surface area contributed by atoms with Crippen LogP contribution in [-0.4, -0.2) is 89.6 Å². The lowest BCUT2D eigenvalue weighted by atomic mass is 9.99. The normalized spacial score (nSPS) is 21.1. The van der Waals surface area contributed by atoms with Crippen molar-refractivity contribution in [2.45, 2.75) is 205 Å². The fourth-order valence-corrected chi connectivity index (χ4v) is 6.42. The number of carbonyl (C=O) groups excluding carboxylic acids is 1. The van der Waals surface area contributed by atoms with Crippen molar-refractivity contribution in [2.75, 3.05) is 26.4 Å². The highest BCUT2D eigenvalue weighted by Gasteiger charge is 2.44. The summed E-state index contributed by atoms with van der Waals surface area (Å²) in [6.45, 7) is 4.37. The van der Waals surface area contributed by atoms with Crippen molar-refractivity contribution in [3.63, 3.8) is 0 Å². The summed E-state index contributed by atoms with van der Waals surface area (Å²) >= 11 is 0. The molecule has 0 spiro atoms. The molecule has 0 aromatic carbocycles. The lowest BCUT2D eigenvalue weighted by Gasteiger charge is -2.39. The molecule has 1 rings (SSSR count). The number of unbranched alkanes of at least 4 members (excludes halogenated alkanes) is 16. The van der Waals surface area contributed by atoms with Gasteiger partial charge < -0.3 is 39.4 Å². The van der Waals surface area contributed by atoms with Crippen LogP contribution in [0.2, 0.25) is 0 Å². The van der Waals surface area contributed by atoms with Crippen molar-refractivity contribution >= 4 is 5.97 Å². The number of allylic oxidation sites excluding steroid dienone is 10. The molecule has 0 aromatic heterocycles. The molecule has 4 N–H and O–H groups in total. The van der Waals surface area contributed by atoms with Gasteiger partial charge in [0.1, 0.15) is 30.5 Å². The number of carbonyl (C=O) groups is 1. The average Bonchev–Trinajstić information content (AvgIpc) is 3.20. The highest BCUT2D eigenvalue weighted by Crippen LogP contribution is 2.22. The number of aliphatic hydroxyl groups is 4.